The maximum Gasteiger partial charge on any atom is 0.472 e. The SMILES string of the molecule is CC/C=C\C/C=C\C/C=C\C/C=C\C/C=C\C/C=C\CCCCC(=O)OCC(COP(=O)(O)OCC(O)COP(=O)(O)OCC(O)COC(=O)CCCCCCCCC/C=C\C/C=C\C/C=C\C/C=C\CCCCC)OC(=O)CCCCCCCCCCCCCCCCC. The number of hydrogen-bond donors (Lipinski definition) is 4. The van der Waals surface area contributed by atoms with Crippen molar-refractivity contribution in [1.82, 2.24) is 0 Å². The van der Waals surface area contributed by atoms with Crippen molar-refractivity contribution in [2.45, 2.75) is 309 Å². The molecule has 546 valence electrons. The highest BCUT2D eigenvalue weighted by Crippen LogP contribution is 2.45. The third-order valence-corrected chi connectivity index (χ3v) is 17.1. The number of carbonyl (C=O) groups is 3. The van der Waals surface area contributed by atoms with E-state index < -0.39 is 91.5 Å². The molecule has 0 aromatic heterocycles. The number of rotatable bonds is 69. The standard InChI is InChI=1S/C77H132O16P2/c1-4-7-10-13-16-19-22-25-28-30-32-34-35-37-39-40-43-45-48-51-54-57-60-63-75(80)87-66-72(78)67-89-94(83,84)90-68-73(79)69-91-95(85,86)92-71-74(93-77(82)65-62-59-56-53-50-47-42-27-24-21-18-15-12-9-6-3)70-88-76(81)64-61-58-55-52-49-46-44-41-38-36-33-31-29-26-23-20-17-14-11-8-5-2/h8,11,16-17,19-20,25-26,28-29,32-34,36-37,39,41,44,49,52,72-74,78-79H,4-7,9-10,12-15,18,21-24,27,30-31,35,38,40,42-43,45-48,50-51,53-71H2,1-3H3,(H,83,84)(H,85,86)/b11-8-,19-16-,20-17-,28-25-,29-26-,34-32-,36-33-,39-37-,44-41-,52-49-. The van der Waals surface area contributed by atoms with Crippen LogP contribution >= 0.6 is 15.6 Å². The summed E-state index contributed by atoms with van der Waals surface area (Å²) in [7, 11) is -9.80. The van der Waals surface area contributed by atoms with E-state index in [0.717, 1.165) is 141 Å². The van der Waals surface area contributed by atoms with Crippen molar-refractivity contribution in [2.24, 2.45) is 0 Å². The maximum absolute atomic E-state index is 12.9. The van der Waals surface area contributed by atoms with Crippen LogP contribution in [-0.2, 0) is 55.8 Å². The Morgan fingerprint density at radius 3 is 0.926 bits per heavy atom. The van der Waals surface area contributed by atoms with E-state index in [9.17, 15) is 43.5 Å². The maximum atomic E-state index is 12.9. The quantitative estimate of drug-likeness (QED) is 0.0146. The summed E-state index contributed by atoms with van der Waals surface area (Å²) in [5.74, 6) is -1.63. The summed E-state index contributed by atoms with van der Waals surface area (Å²) in [6.45, 7) is 2.48. The molecule has 16 nitrogen and oxygen atoms in total. The molecule has 0 saturated carbocycles. The van der Waals surface area contributed by atoms with Crippen molar-refractivity contribution in [3.8, 4) is 0 Å². The van der Waals surface area contributed by atoms with Gasteiger partial charge in [-0.15, -0.1) is 0 Å². The Kier molecular flexibility index (Phi) is 66.9. The number of phosphoric acid groups is 2. The molecule has 4 N–H and O–H groups in total. The normalized spacial score (nSPS) is 14.8. The molecule has 0 saturated heterocycles. The Bertz CT molecular complexity index is 2210. The highest BCUT2D eigenvalue weighted by atomic mass is 31.2. The third-order valence-electron chi connectivity index (χ3n) is 15.2. The molecule has 0 aliphatic heterocycles. The molecular formula is C77H132O16P2. The van der Waals surface area contributed by atoms with Gasteiger partial charge in [0.2, 0.25) is 0 Å². The lowest BCUT2D eigenvalue weighted by Crippen LogP contribution is -2.30. The van der Waals surface area contributed by atoms with E-state index in [4.69, 9.17) is 32.3 Å². The monoisotopic (exact) mass is 1370 g/mol. The Morgan fingerprint density at radius 1 is 0.305 bits per heavy atom. The van der Waals surface area contributed by atoms with Crippen molar-refractivity contribution in [2.75, 3.05) is 39.6 Å². The molecule has 0 heterocycles. The molecule has 0 aliphatic rings. The number of aliphatic hydroxyl groups is 2. The summed E-state index contributed by atoms with van der Waals surface area (Å²) in [4.78, 5) is 58.5. The van der Waals surface area contributed by atoms with Gasteiger partial charge in [0.15, 0.2) is 6.10 Å². The molecule has 0 aromatic rings. The molecule has 0 spiro atoms. The van der Waals surface area contributed by atoms with Crippen LogP contribution in [0.5, 0.6) is 0 Å². The minimum Gasteiger partial charge on any atom is -0.463 e. The number of hydrogen-bond acceptors (Lipinski definition) is 14. The number of ether oxygens (including phenoxy) is 3. The number of carbonyl (C=O) groups excluding carboxylic acids is 3. The fourth-order valence-corrected chi connectivity index (χ4v) is 11.1. The summed E-state index contributed by atoms with van der Waals surface area (Å²) in [6.07, 6.45) is 81.0. The summed E-state index contributed by atoms with van der Waals surface area (Å²) in [5.41, 5.74) is 0. The zero-order chi connectivity index (χ0) is 69.5. The summed E-state index contributed by atoms with van der Waals surface area (Å²) < 4.78 is 61.0. The van der Waals surface area contributed by atoms with E-state index in [2.05, 4.69) is 142 Å². The zero-order valence-corrected chi connectivity index (χ0v) is 61.1. The number of phosphoric ester groups is 2. The smallest absolute Gasteiger partial charge is 0.463 e. The lowest BCUT2D eigenvalue weighted by atomic mass is 10.0. The molecule has 0 amide bonds. The van der Waals surface area contributed by atoms with Crippen LogP contribution in [0.4, 0.5) is 0 Å². The Morgan fingerprint density at radius 2 is 0.558 bits per heavy atom. The molecule has 0 aromatic carbocycles. The molecule has 0 radical (unpaired) electrons. The van der Waals surface area contributed by atoms with E-state index in [-0.39, 0.29) is 19.3 Å². The van der Waals surface area contributed by atoms with E-state index in [0.29, 0.717) is 19.3 Å². The molecule has 0 fully saturated rings. The van der Waals surface area contributed by atoms with Crippen molar-refractivity contribution < 1.29 is 75.8 Å². The summed E-state index contributed by atoms with van der Waals surface area (Å²) >= 11 is 0. The van der Waals surface area contributed by atoms with Crippen molar-refractivity contribution in [3.05, 3.63) is 122 Å². The average Bonchev–Trinajstić information content (AvgIpc) is 2.15. The van der Waals surface area contributed by atoms with Gasteiger partial charge in [-0.05, 0) is 116 Å². The first-order valence-electron chi connectivity index (χ1n) is 36.8. The number of esters is 3. The van der Waals surface area contributed by atoms with Crippen molar-refractivity contribution >= 4 is 33.6 Å². The number of allylic oxidation sites excluding steroid dienone is 20. The van der Waals surface area contributed by atoms with Gasteiger partial charge in [0, 0.05) is 19.3 Å². The molecule has 0 rings (SSSR count). The van der Waals surface area contributed by atoms with Crippen LogP contribution in [0, 0.1) is 0 Å². The number of aliphatic hydroxyl groups excluding tert-OH is 2. The van der Waals surface area contributed by atoms with Crippen LogP contribution in [0.3, 0.4) is 0 Å². The Hall–Kier alpha value is -4.05. The summed E-state index contributed by atoms with van der Waals surface area (Å²) in [6, 6.07) is 0. The van der Waals surface area contributed by atoms with Crippen LogP contribution in [0.1, 0.15) is 290 Å². The van der Waals surface area contributed by atoms with E-state index >= 15 is 0 Å². The first-order chi connectivity index (χ1) is 46.2. The summed E-state index contributed by atoms with van der Waals surface area (Å²) in [5, 5.41) is 20.6. The predicted molar refractivity (Wildman–Crippen MR) is 390 cm³/mol. The van der Waals surface area contributed by atoms with Crippen LogP contribution in [-0.4, -0.2) is 95.9 Å². The fraction of sp³-hybridized carbons (Fsp3) is 0.701. The fourth-order valence-electron chi connectivity index (χ4n) is 9.56. The van der Waals surface area contributed by atoms with Gasteiger partial charge in [-0.1, -0.05) is 277 Å². The Balaban J connectivity index is 4.68. The highest BCUT2D eigenvalue weighted by Gasteiger charge is 2.29. The van der Waals surface area contributed by atoms with Gasteiger partial charge in [-0.2, -0.15) is 0 Å². The Labute approximate surface area is 576 Å². The van der Waals surface area contributed by atoms with Gasteiger partial charge in [0.05, 0.1) is 26.4 Å². The third kappa shape index (κ3) is 71.1. The van der Waals surface area contributed by atoms with Gasteiger partial charge in [-0.3, -0.25) is 32.5 Å². The van der Waals surface area contributed by atoms with E-state index in [1.807, 2.05) is 0 Å². The average molecular weight is 1380 g/mol. The highest BCUT2D eigenvalue weighted by molar-refractivity contribution is 7.47. The first-order valence-corrected chi connectivity index (χ1v) is 39.8. The van der Waals surface area contributed by atoms with Gasteiger partial charge in [0.25, 0.3) is 0 Å². The van der Waals surface area contributed by atoms with Gasteiger partial charge in [-0.25, -0.2) is 9.13 Å². The first kappa shape index (κ1) is 91.0. The second-order valence-electron chi connectivity index (χ2n) is 24.4. The van der Waals surface area contributed by atoms with E-state index in [1.165, 1.54) is 89.9 Å². The van der Waals surface area contributed by atoms with Gasteiger partial charge >= 0.3 is 33.6 Å². The minimum absolute atomic E-state index is 0.0950. The van der Waals surface area contributed by atoms with Crippen LogP contribution < -0.4 is 0 Å². The van der Waals surface area contributed by atoms with Crippen molar-refractivity contribution in [3.63, 3.8) is 0 Å². The molecule has 5 unspecified atom stereocenters. The molecule has 0 aliphatic carbocycles. The van der Waals surface area contributed by atoms with Gasteiger partial charge in [0.1, 0.15) is 25.4 Å². The molecule has 95 heavy (non-hydrogen) atoms. The molecular weight excluding hydrogens is 1240 g/mol. The van der Waals surface area contributed by atoms with Crippen LogP contribution in [0.25, 0.3) is 0 Å². The molecule has 0 bridgehead atoms. The van der Waals surface area contributed by atoms with Crippen LogP contribution in [0.15, 0.2) is 122 Å². The number of unbranched alkanes of at least 4 members (excludes halogenated alkanes) is 26. The van der Waals surface area contributed by atoms with E-state index in [1.54, 1.807) is 0 Å². The minimum atomic E-state index is -4.94. The predicted octanol–water partition coefficient (Wildman–Crippen LogP) is 21.0. The molecule has 5 atom stereocenters. The van der Waals surface area contributed by atoms with Crippen LogP contribution in [0.2, 0.25) is 0 Å². The topological polar surface area (TPSA) is 231 Å². The lowest BCUT2D eigenvalue weighted by molar-refractivity contribution is -0.161. The largest absolute Gasteiger partial charge is 0.472 e. The van der Waals surface area contributed by atoms with Crippen molar-refractivity contribution in [1.29, 1.82) is 0 Å². The second kappa shape index (κ2) is 69.8. The lowest BCUT2D eigenvalue weighted by Gasteiger charge is -2.21. The van der Waals surface area contributed by atoms with Gasteiger partial charge < -0.3 is 34.2 Å². The second-order valence-corrected chi connectivity index (χ2v) is 27.3. The molecule has 18 heteroatoms. The zero-order valence-electron chi connectivity index (χ0n) is 59.3.